The average molecular weight is 324 g/mol. The molecule has 0 saturated heterocycles. The Morgan fingerprint density at radius 1 is 1.29 bits per heavy atom. The highest BCUT2D eigenvalue weighted by Crippen LogP contribution is 2.18. The van der Waals surface area contributed by atoms with Gasteiger partial charge in [0.1, 0.15) is 11.8 Å². The van der Waals surface area contributed by atoms with Gasteiger partial charge in [-0.15, -0.1) is 0 Å². The minimum absolute atomic E-state index is 0.251. The minimum atomic E-state index is -0.251. The summed E-state index contributed by atoms with van der Waals surface area (Å²) in [5.74, 6) is 0.0365. The number of carbonyl (C=O) groups excluding carboxylic acids is 1. The van der Waals surface area contributed by atoms with Gasteiger partial charge >= 0.3 is 0 Å². The van der Waals surface area contributed by atoms with Crippen molar-refractivity contribution in [2.24, 2.45) is 0 Å². The molecule has 0 atom stereocenters. The van der Waals surface area contributed by atoms with Crippen LogP contribution in [0.3, 0.4) is 0 Å². The highest BCUT2D eigenvalue weighted by atomic mass is 16.1. The molecule has 0 aliphatic carbocycles. The molecule has 0 spiro atoms. The van der Waals surface area contributed by atoms with Crippen LogP contribution in [0.4, 0.5) is 11.6 Å². The van der Waals surface area contributed by atoms with Gasteiger partial charge in [-0.2, -0.15) is 5.26 Å². The first-order valence-corrected chi connectivity index (χ1v) is 7.54. The molecule has 2 rings (SSSR count). The van der Waals surface area contributed by atoms with Gasteiger partial charge in [0, 0.05) is 18.8 Å². The van der Waals surface area contributed by atoms with Crippen LogP contribution in [0, 0.1) is 18.3 Å². The molecule has 0 saturated carbocycles. The van der Waals surface area contributed by atoms with E-state index in [-0.39, 0.29) is 17.5 Å². The zero-order valence-corrected chi connectivity index (χ0v) is 14.0. The standard InChI is InChI=1S/C17H20N6O/c1-12-10-15(16(24)19-8-9-23(2)3)22-17(20-12)21-14-7-5-4-6-13(14)11-18/h4-7,10H,8-9H2,1-3H3,(H,19,24)(H,20,21,22). The number of amides is 1. The van der Waals surface area contributed by atoms with Crippen molar-refractivity contribution >= 4 is 17.5 Å². The van der Waals surface area contributed by atoms with E-state index >= 15 is 0 Å². The van der Waals surface area contributed by atoms with Gasteiger partial charge in [0.2, 0.25) is 5.95 Å². The van der Waals surface area contributed by atoms with Crippen molar-refractivity contribution in [3.05, 3.63) is 47.3 Å². The van der Waals surface area contributed by atoms with Crippen LogP contribution in [0.2, 0.25) is 0 Å². The Hall–Kier alpha value is -2.98. The third-order valence-electron chi connectivity index (χ3n) is 3.23. The number of nitrogens with one attached hydrogen (secondary N) is 2. The summed E-state index contributed by atoms with van der Waals surface area (Å²) in [6.07, 6.45) is 0. The number of carbonyl (C=O) groups is 1. The Kier molecular flexibility index (Phi) is 5.82. The number of hydrogen-bond donors (Lipinski definition) is 2. The molecule has 1 aromatic heterocycles. The van der Waals surface area contributed by atoms with Crippen LogP contribution in [-0.4, -0.2) is 48.0 Å². The molecule has 0 bridgehead atoms. The van der Waals surface area contributed by atoms with Gasteiger partial charge in [0.15, 0.2) is 0 Å². The lowest BCUT2D eigenvalue weighted by Gasteiger charge is -2.11. The Morgan fingerprint density at radius 2 is 2.04 bits per heavy atom. The molecule has 7 nitrogen and oxygen atoms in total. The molecule has 0 aliphatic rings. The van der Waals surface area contributed by atoms with Crippen molar-refractivity contribution in [2.75, 3.05) is 32.5 Å². The Morgan fingerprint density at radius 3 is 2.75 bits per heavy atom. The molecule has 24 heavy (non-hydrogen) atoms. The van der Waals surface area contributed by atoms with E-state index in [0.717, 1.165) is 6.54 Å². The first-order chi connectivity index (χ1) is 11.5. The predicted molar refractivity (Wildman–Crippen MR) is 92.1 cm³/mol. The van der Waals surface area contributed by atoms with Crippen molar-refractivity contribution in [2.45, 2.75) is 6.92 Å². The van der Waals surface area contributed by atoms with Gasteiger partial charge < -0.3 is 15.5 Å². The van der Waals surface area contributed by atoms with E-state index < -0.39 is 0 Å². The number of nitrogens with zero attached hydrogens (tertiary/aromatic N) is 4. The normalized spacial score (nSPS) is 10.3. The number of rotatable bonds is 6. The van der Waals surface area contributed by atoms with Gasteiger partial charge in [0.05, 0.1) is 11.3 Å². The number of anilines is 2. The molecule has 7 heteroatoms. The topological polar surface area (TPSA) is 93.9 Å². The lowest BCUT2D eigenvalue weighted by atomic mass is 10.2. The third kappa shape index (κ3) is 4.76. The van der Waals surface area contributed by atoms with E-state index in [0.29, 0.717) is 23.5 Å². The second kappa shape index (κ2) is 8.04. The first-order valence-electron chi connectivity index (χ1n) is 7.54. The number of aryl methyl sites for hydroxylation is 1. The SMILES string of the molecule is Cc1cc(C(=O)NCCN(C)C)nc(Nc2ccccc2C#N)n1. The van der Waals surface area contributed by atoms with Crippen LogP contribution in [0.15, 0.2) is 30.3 Å². The summed E-state index contributed by atoms with van der Waals surface area (Å²) in [6.45, 7) is 3.07. The molecule has 1 aromatic carbocycles. The molecular formula is C17H20N6O. The smallest absolute Gasteiger partial charge is 0.270 e. The second-order valence-electron chi connectivity index (χ2n) is 5.56. The highest BCUT2D eigenvalue weighted by Gasteiger charge is 2.11. The second-order valence-corrected chi connectivity index (χ2v) is 5.56. The summed E-state index contributed by atoms with van der Waals surface area (Å²) in [7, 11) is 3.88. The monoisotopic (exact) mass is 324 g/mol. The van der Waals surface area contributed by atoms with Crippen molar-refractivity contribution in [1.29, 1.82) is 5.26 Å². The first kappa shape index (κ1) is 17.4. The summed E-state index contributed by atoms with van der Waals surface area (Å²) in [6, 6.07) is 10.8. The molecule has 0 unspecified atom stereocenters. The number of aromatic nitrogens is 2. The predicted octanol–water partition coefficient (Wildman–Crippen LogP) is 1.69. The fourth-order valence-corrected chi connectivity index (χ4v) is 2.03. The lowest BCUT2D eigenvalue weighted by molar-refractivity contribution is 0.0946. The maximum atomic E-state index is 12.2. The van der Waals surface area contributed by atoms with Crippen molar-refractivity contribution in [3.63, 3.8) is 0 Å². The van der Waals surface area contributed by atoms with Gasteiger partial charge in [-0.25, -0.2) is 9.97 Å². The number of para-hydroxylation sites is 1. The fraction of sp³-hybridized carbons (Fsp3) is 0.294. The highest BCUT2D eigenvalue weighted by molar-refractivity contribution is 5.92. The van der Waals surface area contributed by atoms with Gasteiger partial charge in [-0.3, -0.25) is 4.79 Å². The van der Waals surface area contributed by atoms with Crippen molar-refractivity contribution < 1.29 is 4.79 Å². The van der Waals surface area contributed by atoms with Gasteiger partial charge in [-0.1, -0.05) is 12.1 Å². The van der Waals surface area contributed by atoms with E-state index in [9.17, 15) is 4.79 Å². The lowest BCUT2D eigenvalue weighted by Crippen LogP contribution is -2.32. The van der Waals surface area contributed by atoms with Crippen LogP contribution >= 0.6 is 0 Å². The summed E-state index contributed by atoms with van der Waals surface area (Å²) < 4.78 is 0. The summed E-state index contributed by atoms with van der Waals surface area (Å²) in [5.41, 5.74) is 2.04. The fourth-order valence-electron chi connectivity index (χ4n) is 2.03. The Balaban J connectivity index is 2.16. The van der Waals surface area contributed by atoms with Crippen molar-refractivity contribution in [1.82, 2.24) is 20.2 Å². The van der Waals surface area contributed by atoms with Crippen LogP contribution in [0.5, 0.6) is 0 Å². The van der Waals surface area contributed by atoms with Crippen molar-refractivity contribution in [3.8, 4) is 6.07 Å². The van der Waals surface area contributed by atoms with Crippen LogP contribution in [-0.2, 0) is 0 Å². The summed E-state index contributed by atoms with van der Waals surface area (Å²) in [4.78, 5) is 22.7. The molecule has 2 aromatic rings. The number of hydrogen-bond acceptors (Lipinski definition) is 6. The quantitative estimate of drug-likeness (QED) is 0.840. The third-order valence-corrected chi connectivity index (χ3v) is 3.23. The molecule has 0 radical (unpaired) electrons. The molecule has 1 heterocycles. The zero-order chi connectivity index (χ0) is 17.5. The maximum absolute atomic E-state index is 12.2. The van der Waals surface area contributed by atoms with Crippen LogP contribution in [0.25, 0.3) is 0 Å². The summed E-state index contributed by atoms with van der Waals surface area (Å²) >= 11 is 0. The molecule has 0 fully saturated rings. The van der Waals surface area contributed by atoms with Crippen LogP contribution < -0.4 is 10.6 Å². The molecular weight excluding hydrogens is 304 g/mol. The molecule has 0 aliphatic heterocycles. The molecule has 124 valence electrons. The average Bonchev–Trinajstić information content (AvgIpc) is 2.54. The number of benzene rings is 1. The van der Waals surface area contributed by atoms with Gasteiger partial charge in [0.25, 0.3) is 5.91 Å². The Bertz CT molecular complexity index is 766. The van der Waals surface area contributed by atoms with E-state index in [1.54, 1.807) is 31.2 Å². The Labute approximate surface area is 141 Å². The zero-order valence-electron chi connectivity index (χ0n) is 14.0. The van der Waals surface area contributed by atoms with E-state index in [2.05, 4.69) is 26.7 Å². The largest absolute Gasteiger partial charge is 0.349 e. The molecule has 1 amide bonds. The number of likely N-dealkylation sites (N-methyl/N-ethyl adjacent to an activating group) is 1. The minimum Gasteiger partial charge on any atom is -0.349 e. The molecule has 2 N–H and O–H groups in total. The number of nitriles is 1. The van der Waals surface area contributed by atoms with Crippen LogP contribution in [0.1, 0.15) is 21.7 Å². The maximum Gasteiger partial charge on any atom is 0.270 e. The van der Waals surface area contributed by atoms with Gasteiger partial charge in [-0.05, 0) is 39.2 Å². The summed E-state index contributed by atoms with van der Waals surface area (Å²) in [5, 5.41) is 15.0. The van der Waals surface area contributed by atoms with E-state index in [1.807, 2.05) is 25.1 Å². The van der Waals surface area contributed by atoms with E-state index in [4.69, 9.17) is 5.26 Å². The van der Waals surface area contributed by atoms with E-state index in [1.165, 1.54) is 0 Å².